The van der Waals surface area contributed by atoms with Crippen molar-refractivity contribution in [2.24, 2.45) is 0 Å². The van der Waals surface area contributed by atoms with E-state index >= 15 is 0 Å². The van der Waals surface area contributed by atoms with E-state index in [1.807, 2.05) is 36.4 Å². The molecule has 0 saturated heterocycles. The number of hydrogen-bond donors (Lipinski definition) is 2. The summed E-state index contributed by atoms with van der Waals surface area (Å²) in [7, 11) is 1.67. The average Bonchev–Trinajstić information content (AvgIpc) is 3.02. The Morgan fingerprint density at radius 1 is 1.04 bits per heavy atom. The zero-order valence-corrected chi connectivity index (χ0v) is 14.8. The van der Waals surface area contributed by atoms with Gasteiger partial charge in [-0.2, -0.15) is 0 Å². The highest BCUT2D eigenvalue weighted by atomic mass is 16.5. The van der Waals surface area contributed by atoms with Crippen LogP contribution in [0.1, 0.15) is 17.1 Å². The van der Waals surface area contributed by atoms with Crippen molar-refractivity contribution in [3.63, 3.8) is 0 Å². The van der Waals surface area contributed by atoms with E-state index in [2.05, 4.69) is 45.4 Å². The highest BCUT2D eigenvalue weighted by Crippen LogP contribution is 2.22. The maximum Gasteiger partial charge on any atom is 0.135 e. The van der Waals surface area contributed by atoms with Gasteiger partial charge < -0.3 is 15.0 Å². The van der Waals surface area contributed by atoms with Gasteiger partial charge in [-0.15, -0.1) is 0 Å². The second-order valence-electron chi connectivity index (χ2n) is 6.26. The van der Waals surface area contributed by atoms with Crippen molar-refractivity contribution < 1.29 is 4.74 Å². The summed E-state index contributed by atoms with van der Waals surface area (Å²) in [5, 5.41) is 4.55. The van der Waals surface area contributed by atoms with Crippen LogP contribution in [0.5, 0.6) is 5.75 Å². The molecule has 5 nitrogen and oxygen atoms in total. The van der Waals surface area contributed by atoms with Crippen LogP contribution in [0.2, 0.25) is 0 Å². The minimum absolute atomic E-state index is 0.676. The van der Waals surface area contributed by atoms with Crippen molar-refractivity contribution in [3.8, 4) is 5.75 Å². The van der Waals surface area contributed by atoms with E-state index in [1.54, 1.807) is 13.3 Å². The van der Waals surface area contributed by atoms with Gasteiger partial charge in [-0.05, 0) is 55.0 Å². The van der Waals surface area contributed by atoms with Crippen LogP contribution in [-0.4, -0.2) is 22.1 Å². The summed E-state index contributed by atoms with van der Waals surface area (Å²) in [6.07, 6.45) is 2.46. The van der Waals surface area contributed by atoms with Crippen molar-refractivity contribution in [2.45, 2.75) is 13.3 Å². The maximum atomic E-state index is 5.19. The Labute approximate surface area is 152 Å². The fraction of sp³-hybridized carbons (Fsp3) is 0.143. The van der Waals surface area contributed by atoms with Crippen LogP contribution < -0.4 is 10.1 Å². The van der Waals surface area contributed by atoms with Gasteiger partial charge in [0.2, 0.25) is 0 Å². The number of nitrogens with one attached hydrogen (secondary N) is 2. The Morgan fingerprint density at radius 2 is 1.88 bits per heavy atom. The predicted octanol–water partition coefficient (Wildman–Crippen LogP) is 4.61. The van der Waals surface area contributed by atoms with Gasteiger partial charge in [0.15, 0.2) is 0 Å². The third kappa shape index (κ3) is 3.52. The smallest absolute Gasteiger partial charge is 0.135 e. The number of methoxy groups -OCH3 is 1. The number of H-pyrrole nitrogens is 1. The molecule has 2 heterocycles. The van der Waals surface area contributed by atoms with E-state index in [4.69, 9.17) is 4.74 Å². The highest BCUT2D eigenvalue weighted by molar-refractivity contribution is 5.84. The molecule has 0 saturated carbocycles. The molecule has 0 spiro atoms. The Balaban J connectivity index is 1.52. The number of fused-ring (bicyclic) bond motifs is 1. The molecule has 0 bridgehead atoms. The van der Waals surface area contributed by atoms with Crippen LogP contribution in [0.3, 0.4) is 0 Å². The fourth-order valence-electron chi connectivity index (χ4n) is 2.98. The summed E-state index contributed by atoms with van der Waals surface area (Å²) in [4.78, 5) is 12.3. The molecule has 5 heteroatoms. The summed E-state index contributed by atoms with van der Waals surface area (Å²) < 4.78 is 5.19. The van der Waals surface area contributed by atoms with Crippen LogP contribution in [0.25, 0.3) is 10.9 Å². The third-order valence-electron chi connectivity index (χ3n) is 4.25. The first-order valence-corrected chi connectivity index (χ1v) is 8.51. The van der Waals surface area contributed by atoms with Gasteiger partial charge in [-0.25, -0.2) is 9.97 Å². The molecule has 26 heavy (non-hydrogen) atoms. The number of aryl methyl sites for hydroxylation is 1. The topological polar surface area (TPSA) is 62.8 Å². The summed E-state index contributed by atoms with van der Waals surface area (Å²) in [6.45, 7) is 2.06. The molecule has 2 aromatic carbocycles. The van der Waals surface area contributed by atoms with Gasteiger partial charge in [-0.1, -0.05) is 12.1 Å². The summed E-state index contributed by atoms with van der Waals surface area (Å²) in [6, 6.07) is 18.2. The number of benzene rings is 2. The SMILES string of the molecule is COc1ccc(Cc2nccc(Nc3ccc4[nH]c(C)cc4c3)n2)cc1. The lowest BCUT2D eigenvalue weighted by Gasteiger charge is -2.08. The van der Waals surface area contributed by atoms with E-state index in [9.17, 15) is 0 Å². The minimum Gasteiger partial charge on any atom is -0.497 e. The molecule has 4 aromatic rings. The van der Waals surface area contributed by atoms with Gasteiger partial charge in [0.25, 0.3) is 0 Å². The summed E-state index contributed by atoms with van der Waals surface area (Å²) in [5.74, 6) is 2.41. The first-order chi connectivity index (χ1) is 12.7. The molecule has 0 atom stereocenters. The molecule has 2 aromatic heterocycles. The fourth-order valence-corrected chi connectivity index (χ4v) is 2.98. The van der Waals surface area contributed by atoms with Gasteiger partial charge in [0.05, 0.1) is 7.11 Å². The molecule has 4 rings (SSSR count). The van der Waals surface area contributed by atoms with Gasteiger partial charge >= 0.3 is 0 Å². The molecule has 130 valence electrons. The molecule has 0 unspecified atom stereocenters. The number of anilines is 2. The van der Waals surface area contributed by atoms with Crippen molar-refractivity contribution in [1.82, 2.24) is 15.0 Å². The first-order valence-electron chi connectivity index (χ1n) is 8.51. The zero-order chi connectivity index (χ0) is 17.9. The average molecular weight is 344 g/mol. The molecule has 0 aliphatic carbocycles. The van der Waals surface area contributed by atoms with Crippen LogP contribution >= 0.6 is 0 Å². The van der Waals surface area contributed by atoms with E-state index in [-0.39, 0.29) is 0 Å². The molecule has 2 N–H and O–H groups in total. The Hall–Kier alpha value is -3.34. The van der Waals surface area contributed by atoms with Crippen LogP contribution in [0.4, 0.5) is 11.5 Å². The van der Waals surface area contributed by atoms with Crippen molar-refractivity contribution >= 4 is 22.4 Å². The Bertz CT molecular complexity index is 1040. The molecular formula is C21H20N4O. The lowest BCUT2D eigenvalue weighted by atomic mass is 10.1. The molecule has 0 aliphatic rings. The summed E-state index contributed by atoms with van der Waals surface area (Å²) >= 11 is 0. The Kier molecular flexibility index (Phi) is 4.27. The Morgan fingerprint density at radius 3 is 2.69 bits per heavy atom. The van der Waals surface area contributed by atoms with E-state index in [0.29, 0.717) is 6.42 Å². The van der Waals surface area contributed by atoms with Crippen molar-refractivity contribution in [3.05, 3.63) is 77.9 Å². The largest absolute Gasteiger partial charge is 0.497 e. The third-order valence-corrected chi connectivity index (χ3v) is 4.25. The van der Waals surface area contributed by atoms with Gasteiger partial charge in [0, 0.05) is 34.9 Å². The first kappa shape index (κ1) is 16.1. The van der Waals surface area contributed by atoms with Crippen LogP contribution in [-0.2, 0) is 6.42 Å². The molecule has 0 radical (unpaired) electrons. The molecule has 0 amide bonds. The van der Waals surface area contributed by atoms with Gasteiger partial charge in [-0.3, -0.25) is 0 Å². The number of nitrogens with zero attached hydrogens (tertiary/aromatic N) is 2. The number of ether oxygens (including phenoxy) is 1. The predicted molar refractivity (Wildman–Crippen MR) is 104 cm³/mol. The number of hydrogen-bond acceptors (Lipinski definition) is 4. The second kappa shape index (κ2) is 6.88. The van der Waals surface area contributed by atoms with Crippen LogP contribution in [0.15, 0.2) is 60.8 Å². The normalized spacial score (nSPS) is 10.8. The van der Waals surface area contributed by atoms with Crippen LogP contribution in [0, 0.1) is 6.92 Å². The maximum absolute atomic E-state index is 5.19. The van der Waals surface area contributed by atoms with E-state index in [1.165, 1.54) is 5.39 Å². The second-order valence-corrected chi connectivity index (χ2v) is 6.26. The lowest BCUT2D eigenvalue weighted by molar-refractivity contribution is 0.414. The molecule has 0 aliphatic heterocycles. The lowest BCUT2D eigenvalue weighted by Crippen LogP contribution is -2.00. The van der Waals surface area contributed by atoms with Crippen molar-refractivity contribution in [2.75, 3.05) is 12.4 Å². The quantitative estimate of drug-likeness (QED) is 0.555. The number of aromatic nitrogens is 3. The number of rotatable bonds is 5. The minimum atomic E-state index is 0.676. The molecular weight excluding hydrogens is 324 g/mol. The highest BCUT2D eigenvalue weighted by Gasteiger charge is 2.04. The van der Waals surface area contributed by atoms with E-state index in [0.717, 1.165) is 39.9 Å². The zero-order valence-electron chi connectivity index (χ0n) is 14.8. The van der Waals surface area contributed by atoms with E-state index < -0.39 is 0 Å². The standard InChI is InChI=1S/C21H20N4O/c1-14-11-16-13-17(5-8-19(16)23-14)24-20-9-10-22-21(25-20)12-15-3-6-18(26-2)7-4-15/h3-11,13,23H,12H2,1-2H3,(H,22,24,25). The number of aromatic amines is 1. The van der Waals surface area contributed by atoms with Gasteiger partial charge in [0.1, 0.15) is 17.4 Å². The molecule has 0 fully saturated rings. The monoisotopic (exact) mass is 344 g/mol. The summed E-state index contributed by atoms with van der Waals surface area (Å²) in [5.41, 5.74) is 4.44. The van der Waals surface area contributed by atoms with Crippen molar-refractivity contribution in [1.29, 1.82) is 0 Å².